The largest absolute Gasteiger partial charge is 0.422 e. The molecule has 2 aromatic carbocycles. The third-order valence-electron chi connectivity index (χ3n) is 3.89. The Balaban J connectivity index is 1.76. The molecule has 132 valence electrons. The van der Waals surface area contributed by atoms with Crippen LogP contribution in [-0.4, -0.2) is 31.8 Å². The van der Waals surface area contributed by atoms with Gasteiger partial charge < -0.3 is 4.74 Å². The van der Waals surface area contributed by atoms with E-state index in [1.807, 2.05) is 0 Å². The molecule has 0 saturated carbocycles. The van der Waals surface area contributed by atoms with Gasteiger partial charge in [0.15, 0.2) is 0 Å². The van der Waals surface area contributed by atoms with E-state index in [2.05, 4.69) is 15.9 Å². The van der Waals surface area contributed by atoms with Crippen molar-refractivity contribution in [3.05, 3.63) is 57.5 Å². The highest BCUT2D eigenvalue weighted by atomic mass is 79.9. The smallest absolute Gasteiger partial charge is 0.343 e. The molecule has 1 aliphatic rings. The number of halogens is 2. The van der Waals surface area contributed by atoms with Crippen molar-refractivity contribution >= 4 is 43.5 Å². The van der Waals surface area contributed by atoms with Gasteiger partial charge in [0.25, 0.3) is 0 Å². The maximum Gasteiger partial charge on any atom is 0.343 e. The number of esters is 1. The Morgan fingerprint density at radius 3 is 2.32 bits per heavy atom. The second-order valence-electron chi connectivity index (χ2n) is 5.60. The minimum Gasteiger partial charge on any atom is -0.422 e. The van der Waals surface area contributed by atoms with Crippen LogP contribution in [0.25, 0.3) is 0 Å². The van der Waals surface area contributed by atoms with E-state index in [1.165, 1.54) is 28.6 Å². The number of carbonyl (C=O) groups excluding carboxylic acids is 1. The van der Waals surface area contributed by atoms with Gasteiger partial charge in [-0.2, -0.15) is 4.31 Å². The lowest BCUT2D eigenvalue weighted by Gasteiger charge is -2.15. The Bertz CT molecular complexity index is 893. The summed E-state index contributed by atoms with van der Waals surface area (Å²) < 4.78 is 32.3. The van der Waals surface area contributed by atoms with Gasteiger partial charge in [-0.1, -0.05) is 11.6 Å². The van der Waals surface area contributed by atoms with Crippen LogP contribution < -0.4 is 4.74 Å². The number of nitrogens with zero attached hydrogens (tertiary/aromatic N) is 1. The molecule has 5 nitrogen and oxygen atoms in total. The topological polar surface area (TPSA) is 63.7 Å². The normalized spacial score (nSPS) is 15.3. The highest BCUT2D eigenvalue weighted by Crippen LogP contribution is 2.29. The predicted molar refractivity (Wildman–Crippen MR) is 98.5 cm³/mol. The van der Waals surface area contributed by atoms with Crippen LogP contribution in [0, 0.1) is 0 Å². The van der Waals surface area contributed by atoms with Gasteiger partial charge >= 0.3 is 5.97 Å². The first-order chi connectivity index (χ1) is 11.9. The summed E-state index contributed by atoms with van der Waals surface area (Å²) in [4.78, 5) is 12.4. The fourth-order valence-electron chi connectivity index (χ4n) is 2.56. The first kappa shape index (κ1) is 18.4. The Morgan fingerprint density at radius 2 is 1.72 bits per heavy atom. The number of ether oxygens (including phenoxy) is 1. The van der Waals surface area contributed by atoms with Crippen LogP contribution in [0.4, 0.5) is 0 Å². The summed E-state index contributed by atoms with van der Waals surface area (Å²) in [6, 6.07) is 10.6. The standard InChI is InChI=1S/C17H15BrClNO4S/c18-15-11-13(19)5-8-16(15)24-17(21)12-3-6-14(7-4-12)25(22,23)20-9-1-2-10-20/h3-8,11H,1-2,9-10H2. The molecule has 0 N–H and O–H groups in total. The molecule has 0 atom stereocenters. The summed E-state index contributed by atoms with van der Waals surface area (Å²) >= 11 is 9.13. The number of hydrogen-bond donors (Lipinski definition) is 0. The summed E-state index contributed by atoms with van der Waals surface area (Å²) in [6.45, 7) is 1.08. The van der Waals surface area contributed by atoms with E-state index in [0.29, 0.717) is 28.3 Å². The fourth-order valence-corrected chi connectivity index (χ4v) is 4.84. The molecule has 1 saturated heterocycles. The third-order valence-corrected chi connectivity index (χ3v) is 6.66. The molecular formula is C17H15BrClNO4S. The zero-order chi connectivity index (χ0) is 18.0. The average Bonchev–Trinajstić information content (AvgIpc) is 3.13. The number of sulfonamides is 1. The molecule has 1 heterocycles. The van der Waals surface area contributed by atoms with E-state index >= 15 is 0 Å². The van der Waals surface area contributed by atoms with Crippen molar-refractivity contribution < 1.29 is 17.9 Å². The van der Waals surface area contributed by atoms with E-state index in [0.717, 1.165) is 12.8 Å². The van der Waals surface area contributed by atoms with Gasteiger partial charge in [0.2, 0.25) is 10.0 Å². The van der Waals surface area contributed by atoms with E-state index in [1.54, 1.807) is 18.2 Å². The summed E-state index contributed by atoms with van der Waals surface area (Å²) in [5.41, 5.74) is 0.266. The monoisotopic (exact) mass is 443 g/mol. The van der Waals surface area contributed by atoms with Gasteiger partial charge in [-0.05, 0) is 71.2 Å². The second kappa shape index (κ2) is 7.45. The van der Waals surface area contributed by atoms with Gasteiger partial charge in [-0.25, -0.2) is 13.2 Å². The highest BCUT2D eigenvalue weighted by Gasteiger charge is 2.27. The lowest BCUT2D eigenvalue weighted by atomic mass is 10.2. The summed E-state index contributed by atoms with van der Waals surface area (Å²) in [5.74, 6) is -0.240. The lowest BCUT2D eigenvalue weighted by molar-refractivity contribution is 0.0733. The molecule has 0 radical (unpaired) electrons. The first-order valence-electron chi connectivity index (χ1n) is 7.65. The quantitative estimate of drug-likeness (QED) is 0.526. The van der Waals surface area contributed by atoms with Crippen LogP contribution >= 0.6 is 27.5 Å². The van der Waals surface area contributed by atoms with E-state index in [4.69, 9.17) is 16.3 Å². The van der Waals surface area contributed by atoms with Crippen LogP contribution in [0.3, 0.4) is 0 Å². The van der Waals surface area contributed by atoms with Crippen molar-refractivity contribution in [2.45, 2.75) is 17.7 Å². The van der Waals surface area contributed by atoms with Crippen molar-refractivity contribution in [3.8, 4) is 5.75 Å². The summed E-state index contributed by atoms with van der Waals surface area (Å²) in [5, 5.41) is 0.517. The predicted octanol–water partition coefficient (Wildman–Crippen LogP) is 4.11. The molecule has 2 aromatic rings. The number of hydrogen-bond acceptors (Lipinski definition) is 4. The highest BCUT2D eigenvalue weighted by molar-refractivity contribution is 9.10. The molecule has 0 spiro atoms. The minimum absolute atomic E-state index is 0.179. The lowest BCUT2D eigenvalue weighted by Crippen LogP contribution is -2.27. The third kappa shape index (κ3) is 4.06. The molecule has 1 aliphatic heterocycles. The molecular weight excluding hydrogens is 430 g/mol. The summed E-state index contributed by atoms with van der Waals surface area (Å²) in [6.07, 6.45) is 1.75. The zero-order valence-corrected chi connectivity index (χ0v) is 16.3. The van der Waals surface area contributed by atoms with Crippen LogP contribution in [0.2, 0.25) is 5.02 Å². The molecule has 8 heteroatoms. The van der Waals surface area contributed by atoms with Crippen LogP contribution in [0.5, 0.6) is 5.75 Å². The molecule has 0 unspecified atom stereocenters. The second-order valence-corrected chi connectivity index (χ2v) is 8.83. The van der Waals surface area contributed by atoms with E-state index in [-0.39, 0.29) is 10.5 Å². The number of benzene rings is 2. The Hall–Kier alpha value is -1.41. The Morgan fingerprint density at radius 1 is 1.08 bits per heavy atom. The van der Waals surface area contributed by atoms with Crippen LogP contribution in [0.15, 0.2) is 51.8 Å². The average molecular weight is 445 g/mol. The molecule has 0 bridgehead atoms. The minimum atomic E-state index is -3.49. The Labute approximate surface area is 159 Å². The molecule has 25 heavy (non-hydrogen) atoms. The van der Waals surface area contributed by atoms with Gasteiger partial charge in [0, 0.05) is 18.1 Å². The van der Waals surface area contributed by atoms with Crippen molar-refractivity contribution in [1.82, 2.24) is 4.31 Å². The SMILES string of the molecule is O=C(Oc1ccc(Cl)cc1Br)c1ccc(S(=O)(=O)N2CCCC2)cc1. The van der Waals surface area contributed by atoms with Crippen molar-refractivity contribution in [1.29, 1.82) is 0 Å². The van der Waals surface area contributed by atoms with Gasteiger partial charge in [0.05, 0.1) is 14.9 Å². The van der Waals surface area contributed by atoms with Crippen molar-refractivity contribution in [2.24, 2.45) is 0 Å². The van der Waals surface area contributed by atoms with Crippen LogP contribution in [-0.2, 0) is 10.0 Å². The van der Waals surface area contributed by atoms with Crippen molar-refractivity contribution in [2.75, 3.05) is 13.1 Å². The number of carbonyl (C=O) groups is 1. The molecule has 3 rings (SSSR count). The van der Waals surface area contributed by atoms with E-state index in [9.17, 15) is 13.2 Å². The Kier molecular flexibility index (Phi) is 5.48. The molecule has 0 aliphatic carbocycles. The first-order valence-corrected chi connectivity index (χ1v) is 10.3. The number of rotatable bonds is 4. The van der Waals surface area contributed by atoms with Crippen molar-refractivity contribution in [3.63, 3.8) is 0 Å². The van der Waals surface area contributed by atoms with Crippen LogP contribution in [0.1, 0.15) is 23.2 Å². The van der Waals surface area contributed by atoms with Gasteiger partial charge in [-0.3, -0.25) is 0 Å². The molecule has 0 aromatic heterocycles. The fraction of sp³-hybridized carbons (Fsp3) is 0.235. The van der Waals surface area contributed by atoms with E-state index < -0.39 is 16.0 Å². The van der Waals surface area contributed by atoms with Gasteiger partial charge in [-0.15, -0.1) is 0 Å². The summed E-state index contributed by atoms with van der Waals surface area (Å²) in [7, 11) is -3.49. The maximum absolute atomic E-state index is 12.5. The molecule has 1 fully saturated rings. The maximum atomic E-state index is 12.5. The molecule has 0 amide bonds. The zero-order valence-electron chi connectivity index (χ0n) is 13.1. The van der Waals surface area contributed by atoms with Gasteiger partial charge in [0.1, 0.15) is 5.75 Å².